The van der Waals surface area contributed by atoms with Crippen LogP contribution in [0.5, 0.6) is 5.88 Å². The Balaban J connectivity index is 0.00000155. The number of hydrazone groups is 1. The summed E-state index contributed by atoms with van der Waals surface area (Å²) in [7, 11) is 0. The molecule has 0 saturated heterocycles. The number of rotatable bonds is 7. The average Bonchev–Trinajstić information content (AvgIpc) is 3.21. The van der Waals surface area contributed by atoms with E-state index in [0.29, 0.717) is 34.5 Å². The maximum atomic E-state index is 13.5. The van der Waals surface area contributed by atoms with Crippen molar-refractivity contribution < 1.29 is 18.3 Å². The number of aromatic nitrogens is 2. The molecule has 1 atom stereocenters. The van der Waals surface area contributed by atoms with Crippen LogP contribution in [0.2, 0.25) is 0 Å². The molecule has 3 rings (SSSR count). The molecule has 160 valence electrons. The summed E-state index contributed by atoms with van der Waals surface area (Å²) in [5, 5.41) is 5.33. The summed E-state index contributed by atoms with van der Waals surface area (Å²) in [5.74, 6) is -1.23. The second kappa shape index (κ2) is 11.5. The lowest BCUT2D eigenvalue weighted by molar-refractivity contribution is -0.133. The van der Waals surface area contributed by atoms with Gasteiger partial charge in [0, 0.05) is 31.2 Å². The van der Waals surface area contributed by atoms with E-state index >= 15 is 0 Å². The van der Waals surface area contributed by atoms with E-state index in [1.165, 1.54) is 23.5 Å². The molecule has 1 unspecified atom stereocenters. The third-order valence-electron chi connectivity index (χ3n) is 4.08. The van der Waals surface area contributed by atoms with Crippen molar-refractivity contribution >= 4 is 28.1 Å². The maximum Gasteiger partial charge on any atom is 0.243 e. The molecule has 0 aliphatic carbocycles. The van der Waals surface area contributed by atoms with Crippen LogP contribution in [0.4, 0.5) is 8.78 Å². The fourth-order valence-electron chi connectivity index (χ4n) is 2.74. The molecule has 0 radical (unpaired) electrons. The van der Waals surface area contributed by atoms with Crippen molar-refractivity contribution in [2.45, 2.75) is 39.2 Å². The molecule has 1 aliphatic rings. The first-order valence-electron chi connectivity index (χ1n) is 9.50. The van der Waals surface area contributed by atoms with Crippen LogP contribution >= 0.6 is 15.9 Å². The van der Waals surface area contributed by atoms with Crippen molar-refractivity contribution in [3.8, 4) is 5.88 Å². The molecule has 6 nitrogen and oxygen atoms in total. The molecule has 0 fully saturated rings. The van der Waals surface area contributed by atoms with Gasteiger partial charge in [0.05, 0.1) is 6.04 Å². The number of halogens is 3. The Morgan fingerprint density at radius 2 is 1.90 bits per heavy atom. The van der Waals surface area contributed by atoms with E-state index < -0.39 is 17.7 Å². The number of nitrogens with zero attached hydrogens (tertiary/aromatic N) is 4. The van der Waals surface area contributed by atoms with Crippen molar-refractivity contribution in [3.05, 3.63) is 64.5 Å². The molecule has 1 aliphatic heterocycles. The highest BCUT2D eigenvalue weighted by Crippen LogP contribution is 2.30. The van der Waals surface area contributed by atoms with Crippen LogP contribution in [0, 0.1) is 11.6 Å². The number of ether oxygens (including phenoxy) is 1. The zero-order valence-corrected chi connectivity index (χ0v) is 18.4. The minimum Gasteiger partial charge on any atom is -0.473 e. The molecule has 1 amide bonds. The zero-order valence-electron chi connectivity index (χ0n) is 16.8. The van der Waals surface area contributed by atoms with Gasteiger partial charge in [-0.1, -0.05) is 20.4 Å². The molecule has 0 N–H and O–H groups in total. The van der Waals surface area contributed by atoms with Crippen LogP contribution < -0.4 is 4.74 Å². The van der Waals surface area contributed by atoms with Crippen LogP contribution in [-0.4, -0.2) is 33.7 Å². The van der Waals surface area contributed by atoms with Gasteiger partial charge in [-0.05, 0) is 45.6 Å². The predicted octanol–water partition coefficient (Wildman–Crippen LogP) is 5.22. The number of benzene rings is 1. The largest absolute Gasteiger partial charge is 0.473 e. The third kappa shape index (κ3) is 6.69. The Hall–Kier alpha value is -2.68. The second-order valence-corrected chi connectivity index (χ2v) is 7.02. The SMILES string of the molecule is C=C(CCC(=O)N1N=CCC1c1cc(F)cc(F)c1)COc1cc(Br)ncn1.CC. The maximum absolute atomic E-state index is 13.5. The molecule has 0 bridgehead atoms. The van der Waals surface area contributed by atoms with Gasteiger partial charge in [0.2, 0.25) is 11.8 Å². The number of carbonyl (C=O) groups is 1. The fraction of sp³-hybridized carbons (Fsp3) is 0.333. The van der Waals surface area contributed by atoms with E-state index in [-0.39, 0.29) is 18.9 Å². The van der Waals surface area contributed by atoms with Crippen molar-refractivity contribution in [2.75, 3.05) is 6.61 Å². The van der Waals surface area contributed by atoms with Crippen molar-refractivity contribution in [1.29, 1.82) is 0 Å². The van der Waals surface area contributed by atoms with Crippen LogP contribution in [0.1, 0.15) is 44.7 Å². The van der Waals surface area contributed by atoms with Crippen LogP contribution in [0.25, 0.3) is 0 Å². The average molecular weight is 481 g/mol. The highest BCUT2D eigenvalue weighted by molar-refractivity contribution is 9.10. The van der Waals surface area contributed by atoms with E-state index in [0.717, 1.165) is 6.07 Å². The van der Waals surface area contributed by atoms with E-state index in [2.05, 4.69) is 37.6 Å². The molecule has 1 aromatic carbocycles. The Kier molecular flexibility index (Phi) is 9.04. The molecule has 1 aromatic heterocycles. The lowest BCUT2D eigenvalue weighted by atomic mass is 10.0. The number of hydrogen-bond donors (Lipinski definition) is 0. The van der Waals surface area contributed by atoms with Gasteiger partial charge in [0.25, 0.3) is 0 Å². The highest BCUT2D eigenvalue weighted by Gasteiger charge is 2.28. The fourth-order valence-corrected chi connectivity index (χ4v) is 3.03. The van der Waals surface area contributed by atoms with E-state index in [1.54, 1.807) is 12.3 Å². The van der Waals surface area contributed by atoms with E-state index in [1.807, 2.05) is 13.8 Å². The molecule has 2 aromatic rings. The second-order valence-electron chi connectivity index (χ2n) is 6.21. The van der Waals surface area contributed by atoms with E-state index in [9.17, 15) is 13.6 Å². The summed E-state index contributed by atoms with van der Waals surface area (Å²) in [6.45, 7) is 8.11. The summed E-state index contributed by atoms with van der Waals surface area (Å²) in [6, 6.07) is 4.34. The Morgan fingerprint density at radius 3 is 2.57 bits per heavy atom. The molecule has 9 heteroatoms. The smallest absolute Gasteiger partial charge is 0.243 e. The summed E-state index contributed by atoms with van der Waals surface area (Å²) in [5.41, 5.74) is 1.08. The number of hydrogen-bond acceptors (Lipinski definition) is 5. The number of carbonyl (C=O) groups excluding carboxylic acids is 1. The molecule has 0 saturated carbocycles. The van der Waals surface area contributed by atoms with Crippen LogP contribution in [0.15, 0.2) is 52.4 Å². The van der Waals surface area contributed by atoms with Gasteiger partial charge in [0.15, 0.2) is 0 Å². The predicted molar refractivity (Wildman–Crippen MR) is 114 cm³/mol. The van der Waals surface area contributed by atoms with E-state index in [4.69, 9.17) is 4.74 Å². The molecule has 30 heavy (non-hydrogen) atoms. The first kappa shape index (κ1) is 23.6. The molecule has 0 spiro atoms. The highest BCUT2D eigenvalue weighted by atomic mass is 79.9. The van der Waals surface area contributed by atoms with Gasteiger partial charge < -0.3 is 4.74 Å². The van der Waals surface area contributed by atoms with Gasteiger partial charge >= 0.3 is 0 Å². The Morgan fingerprint density at radius 1 is 1.20 bits per heavy atom. The lowest BCUT2D eigenvalue weighted by Gasteiger charge is -2.22. The van der Waals surface area contributed by atoms with Crippen molar-refractivity contribution in [2.24, 2.45) is 5.10 Å². The minimum absolute atomic E-state index is 0.154. The third-order valence-corrected chi connectivity index (χ3v) is 4.51. The summed E-state index contributed by atoms with van der Waals surface area (Å²) < 4.78 is 33.1. The molecule has 2 heterocycles. The Bertz CT molecular complexity index is 903. The summed E-state index contributed by atoms with van der Waals surface area (Å²) in [6.07, 6.45) is 3.88. The number of amides is 1. The minimum atomic E-state index is -0.684. The van der Waals surface area contributed by atoms with Gasteiger partial charge in [-0.25, -0.2) is 23.8 Å². The topological polar surface area (TPSA) is 67.7 Å². The van der Waals surface area contributed by atoms with Crippen molar-refractivity contribution in [3.63, 3.8) is 0 Å². The molecular formula is C21H23BrF2N4O2. The van der Waals surface area contributed by atoms with Crippen LogP contribution in [0.3, 0.4) is 0 Å². The monoisotopic (exact) mass is 480 g/mol. The van der Waals surface area contributed by atoms with Gasteiger partial charge in [-0.3, -0.25) is 4.79 Å². The summed E-state index contributed by atoms with van der Waals surface area (Å²) in [4.78, 5) is 20.4. The first-order valence-corrected chi connectivity index (χ1v) is 10.3. The molecular weight excluding hydrogens is 458 g/mol. The normalized spacial score (nSPS) is 14.8. The zero-order chi connectivity index (χ0) is 22.1. The van der Waals surface area contributed by atoms with Gasteiger partial charge in [0.1, 0.15) is 29.2 Å². The standard InChI is InChI=1S/C19H17BrF2N4O2.C2H6/c1-12(10-28-18-9-17(20)23-11-24-18)2-3-19(27)26-16(4-5-25-26)13-6-14(21)8-15(22)7-13;1-2/h5-9,11,16H,1-4,10H2;1-2H3. The quantitative estimate of drug-likeness (QED) is 0.402. The van der Waals surface area contributed by atoms with Crippen molar-refractivity contribution in [1.82, 2.24) is 15.0 Å². The van der Waals surface area contributed by atoms with Gasteiger partial charge in [-0.2, -0.15) is 5.10 Å². The van der Waals surface area contributed by atoms with Crippen LogP contribution in [-0.2, 0) is 4.79 Å². The first-order chi connectivity index (χ1) is 14.4. The lowest BCUT2D eigenvalue weighted by Crippen LogP contribution is -2.27. The Labute approximate surface area is 182 Å². The van der Waals surface area contributed by atoms with Gasteiger partial charge in [-0.15, -0.1) is 0 Å². The summed E-state index contributed by atoms with van der Waals surface area (Å²) >= 11 is 3.23.